The fraction of sp³-hybridized carbons (Fsp3) is 0.306. The molecule has 20 heteroatoms. The summed E-state index contributed by atoms with van der Waals surface area (Å²) in [5.41, 5.74) is 0.851. The van der Waals surface area contributed by atoms with Gasteiger partial charge in [0, 0.05) is 12.0 Å². The summed E-state index contributed by atoms with van der Waals surface area (Å²) < 4.78 is 74.7. The van der Waals surface area contributed by atoms with Gasteiger partial charge in [-0.1, -0.05) is 42.0 Å². The van der Waals surface area contributed by atoms with Crippen molar-refractivity contribution in [3.8, 4) is 16.9 Å². The zero-order chi connectivity index (χ0) is 40.4. The highest BCUT2D eigenvalue weighted by atomic mass is 32.2. The van der Waals surface area contributed by atoms with E-state index >= 15 is 0 Å². The van der Waals surface area contributed by atoms with Gasteiger partial charge in [0.05, 0.1) is 45.3 Å². The van der Waals surface area contributed by atoms with Gasteiger partial charge in [-0.2, -0.15) is 18.3 Å². The van der Waals surface area contributed by atoms with E-state index in [9.17, 15) is 46.0 Å². The number of esters is 1. The molecule has 3 amide bonds. The number of alkyl halides is 3. The smallest absolute Gasteiger partial charge is 0.435 e. The molecule has 0 saturated carbocycles. The molecule has 294 valence electrons. The first-order chi connectivity index (χ1) is 26.5. The Morgan fingerprint density at radius 2 is 1.66 bits per heavy atom. The lowest BCUT2D eigenvalue weighted by Crippen LogP contribution is -2.41. The number of benzene rings is 3. The average molecular weight is 798 g/mol. The first-order valence-electron chi connectivity index (χ1n) is 17.2. The third kappa shape index (κ3) is 8.49. The summed E-state index contributed by atoms with van der Waals surface area (Å²) in [5.74, 6) is -3.06. The predicted molar refractivity (Wildman–Crippen MR) is 188 cm³/mol. The number of halogens is 3. The van der Waals surface area contributed by atoms with Crippen LogP contribution in [0.3, 0.4) is 0 Å². The average Bonchev–Trinajstić information content (AvgIpc) is 3.89. The summed E-state index contributed by atoms with van der Waals surface area (Å²) in [7, 11) is -4.44. The number of nitrogens with zero attached hydrogens (tertiary/aromatic N) is 6. The number of aromatic nitrogens is 2. The lowest BCUT2D eigenvalue weighted by Gasteiger charge is -2.22. The molecular weight excluding hydrogens is 763 g/mol. The number of hydrogen-bond acceptors (Lipinski definition) is 11. The summed E-state index contributed by atoms with van der Waals surface area (Å²) in [6, 6.07) is 17.9. The molecule has 3 aromatic carbocycles. The van der Waals surface area contributed by atoms with Gasteiger partial charge in [-0.05, 0) is 69.2 Å². The maximum absolute atomic E-state index is 13.6. The Bertz CT molecular complexity index is 2260. The zero-order valence-corrected chi connectivity index (χ0v) is 30.6. The molecule has 0 aliphatic carbocycles. The minimum Gasteiger partial charge on any atom is -0.569 e. The number of fused-ring (bicyclic) bond motifs is 1. The molecule has 1 aromatic heterocycles. The number of nitrogens with one attached hydrogen (secondary N) is 1. The van der Waals surface area contributed by atoms with Gasteiger partial charge in [-0.25, -0.2) is 22.7 Å². The molecule has 3 heterocycles. The number of rotatable bonds is 13. The second-order valence-electron chi connectivity index (χ2n) is 12.9. The van der Waals surface area contributed by atoms with Gasteiger partial charge in [0.2, 0.25) is 17.4 Å². The Labute approximate surface area is 317 Å². The lowest BCUT2D eigenvalue weighted by atomic mass is 10.1. The second kappa shape index (κ2) is 15.8. The molecule has 0 bridgehead atoms. The van der Waals surface area contributed by atoms with Crippen LogP contribution in [0.4, 0.5) is 13.2 Å². The van der Waals surface area contributed by atoms with Crippen LogP contribution in [0.2, 0.25) is 0 Å². The summed E-state index contributed by atoms with van der Waals surface area (Å²) in [4.78, 5) is 56.1. The topological polar surface area (TPSA) is 196 Å². The van der Waals surface area contributed by atoms with Crippen LogP contribution in [0.1, 0.15) is 64.6 Å². The lowest BCUT2D eigenvalue weighted by molar-refractivity contribution is -0.716. The number of ether oxygens (including phenoxy) is 1. The first kappa shape index (κ1) is 39.4. The van der Waals surface area contributed by atoms with Crippen LogP contribution in [-0.2, 0) is 35.4 Å². The van der Waals surface area contributed by atoms with E-state index in [1.54, 1.807) is 36.4 Å². The van der Waals surface area contributed by atoms with Crippen molar-refractivity contribution in [3.63, 3.8) is 0 Å². The van der Waals surface area contributed by atoms with Crippen LogP contribution < -0.4 is 4.72 Å². The maximum atomic E-state index is 13.6. The number of imide groups is 1. The molecule has 1 saturated heterocycles. The van der Waals surface area contributed by atoms with Gasteiger partial charge >= 0.3 is 12.1 Å². The summed E-state index contributed by atoms with van der Waals surface area (Å²) in [6.07, 6.45) is -6.03. The SMILES string of the molecule is Cc1ccc(-c2cc(C(F)(F)F)nn2-c2ccc(S(=O)(=O)NC(=O)CCC(=O)OC[C@@H]3CCCN3/[N+]([O-])=N/OC(C)N3C(=O)c4ccccc4C3=O)cc2)cc1. The van der Waals surface area contributed by atoms with Gasteiger partial charge < -0.3 is 14.8 Å². The van der Waals surface area contributed by atoms with Crippen molar-refractivity contribution in [3.05, 3.63) is 106 Å². The van der Waals surface area contributed by atoms with E-state index in [4.69, 9.17) is 9.57 Å². The molecule has 1 unspecified atom stereocenters. The van der Waals surface area contributed by atoms with Crippen molar-refractivity contribution in [2.75, 3.05) is 13.2 Å². The first-order valence-corrected chi connectivity index (χ1v) is 18.7. The van der Waals surface area contributed by atoms with Crippen molar-refractivity contribution in [1.29, 1.82) is 0 Å². The fourth-order valence-corrected chi connectivity index (χ4v) is 7.12. The molecule has 1 fully saturated rings. The normalized spacial score (nSPS) is 16.5. The second-order valence-corrected chi connectivity index (χ2v) is 14.6. The highest BCUT2D eigenvalue weighted by Gasteiger charge is 2.40. The zero-order valence-electron chi connectivity index (χ0n) is 29.8. The fourth-order valence-electron chi connectivity index (χ4n) is 6.11. The van der Waals surface area contributed by atoms with E-state index in [-0.39, 0.29) is 45.5 Å². The summed E-state index contributed by atoms with van der Waals surface area (Å²) in [6.45, 7) is 3.17. The van der Waals surface area contributed by atoms with Crippen molar-refractivity contribution < 1.29 is 55.3 Å². The molecule has 4 aromatic rings. The van der Waals surface area contributed by atoms with Gasteiger partial charge in [0.15, 0.2) is 5.69 Å². The monoisotopic (exact) mass is 797 g/mol. The van der Waals surface area contributed by atoms with Crippen molar-refractivity contribution in [2.45, 2.75) is 62.9 Å². The Balaban J connectivity index is 0.993. The largest absolute Gasteiger partial charge is 0.569 e. The number of sulfonamides is 1. The molecule has 2 aliphatic heterocycles. The Kier molecular flexibility index (Phi) is 11.1. The maximum Gasteiger partial charge on any atom is 0.435 e. The van der Waals surface area contributed by atoms with Crippen LogP contribution in [0, 0.1) is 12.1 Å². The van der Waals surface area contributed by atoms with Gasteiger partial charge in [-0.3, -0.25) is 19.2 Å². The number of amides is 3. The number of hydrogen-bond donors (Lipinski definition) is 1. The Morgan fingerprint density at radius 1 is 1.02 bits per heavy atom. The van der Waals surface area contributed by atoms with Gasteiger partial charge in [-0.15, -0.1) is 5.01 Å². The van der Waals surface area contributed by atoms with Crippen LogP contribution in [-0.4, -0.2) is 82.2 Å². The number of aryl methyl sites for hydroxylation is 1. The summed E-state index contributed by atoms with van der Waals surface area (Å²) >= 11 is 0. The molecule has 0 radical (unpaired) electrons. The van der Waals surface area contributed by atoms with Crippen molar-refractivity contribution in [1.82, 2.24) is 24.4 Å². The molecule has 6 rings (SSSR count). The van der Waals surface area contributed by atoms with Crippen molar-refractivity contribution >= 4 is 33.7 Å². The highest BCUT2D eigenvalue weighted by Crippen LogP contribution is 2.33. The molecule has 0 spiro atoms. The third-order valence-electron chi connectivity index (χ3n) is 9.00. The number of hydrazine groups is 1. The van der Waals surface area contributed by atoms with E-state index in [1.807, 2.05) is 11.6 Å². The van der Waals surface area contributed by atoms with E-state index in [0.717, 1.165) is 33.3 Å². The predicted octanol–water partition coefficient (Wildman–Crippen LogP) is 4.91. The quantitative estimate of drug-likeness (QED) is 0.0635. The van der Waals surface area contributed by atoms with E-state index in [0.29, 0.717) is 18.4 Å². The van der Waals surface area contributed by atoms with Crippen LogP contribution >= 0.6 is 0 Å². The molecule has 56 heavy (non-hydrogen) atoms. The molecule has 1 N–H and O–H groups in total. The van der Waals surface area contributed by atoms with Crippen LogP contribution in [0.5, 0.6) is 0 Å². The number of carbonyl (C=O) groups is 4. The van der Waals surface area contributed by atoms with Gasteiger partial charge in [0.1, 0.15) is 12.6 Å². The minimum atomic E-state index is -4.74. The van der Waals surface area contributed by atoms with Gasteiger partial charge in [0.25, 0.3) is 21.8 Å². The molecule has 2 atom stereocenters. The molecule has 16 nitrogen and oxygen atoms in total. The minimum absolute atomic E-state index is 0.120. The van der Waals surface area contributed by atoms with Crippen molar-refractivity contribution in [2.24, 2.45) is 5.28 Å². The van der Waals surface area contributed by atoms with Crippen LogP contribution in [0.25, 0.3) is 16.9 Å². The Morgan fingerprint density at radius 3 is 2.29 bits per heavy atom. The Hall–Kier alpha value is -6.31. The van der Waals surface area contributed by atoms with E-state index < -0.39 is 70.7 Å². The molecule has 2 aliphatic rings. The van der Waals surface area contributed by atoms with E-state index in [1.165, 1.54) is 36.2 Å². The molecular formula is C36H34F3N7O9S. The van der Waals surface area contributed by atoms with E-state index in [2.05, 4.69) is 10.4 Å². The standard InChI is InChI=1S/C36H34F3N7O9S/c1-22-9-11-24(12-10-22)30-20-31(36(37,38)39)40-45(30)25-13-15-27(16-14-25)56(52,53)41-32(47)17-18-33(48)54-21-26-6-5-19-43(26)46(51)42-55-23(2)44-34(49)28-7-3-4-8-29(28)35(44)50/h3-4,7-16,20,23,26H,5-6,17-19,21H2,1-2H3,(H,41,47)/b46-42-/t23?,26-/m0/s1. The summed E-state index contributed by atoms with van der Waals surface area (Å²) in [5, 5.41) is 21.2. The number of carbonyl (C=O) groups excluding carboxylic acids is 4. The third-order valence-corrected chi connectivity index (χ3v) is 10.4. The van der Waals surface area contributed by atoms with Crippen LogP contribution in [0.15, 0.2) is 89.0 Å². The highest BCUT2D eigenvalue weighted by molar-refractivity contribution is 7.90.